The van der Waals surface area contributed by atoms with E-state index in [4.69, 9.17) is 19.9 Å². The van der Waals surface area contributed by atoms with E-state index in [-0.39, 0.29) is 12.4 Å². The molecule has 18 heavy (non-hydrogen) atoms. The van der Waals surface area contributed by atoms with Crippen LogP contribution in [-0.2, 0) is 14.2 Å². The summed E-state index contributed by atoms with van der Waals surface area (Å²) in [6.07, 6.45) is -0.430. The number of halogens is 1. The van der Waals surface area contributed by atoms with Crippen molar-refractivity contribution in [2.75, 3.05) is 39.5 Å². The Morgan fingerprint density at radius 1 is 1.11 bits per heavy atom. The average Bonchev–Trinajstić information content (AvgIpc) is 2.19. The van der Waals surface area contributed by atoms with E-state index in [9.17, 15) is 4.79 Å². The summed E-state index contributed by atoms with van der Waals surface area (Å²) in [5.74, 6) is 0. The minimum Gasteiger partial charge on any atom is -0.444 e. The van der Waals surface area contributed by atoms with E-state index in [2.05, 4.69) is 5.32 Å². The van der Waals surface area contributed by atoms with Gasteiger partial charge in [0.25, 0.3) is 0 Å². The third kappa shape index (κ3) is 15.4. The van der Waals surface area contributed by atoms with Gasteiger partial charge in [-0.2, -0.15) is 0 Å². The minimum atomic E-state index is -0.471. The van der Waals surface area contributed by atoms with Crippen LogP contribution in [0.4, 0.5) is 4.79 Å². The zero-order valence-electron chi connectivity index (χ0n) is 11.4. The first-order valence-electron chi connectivity index (χ1n) is 5.78. The number of rotatable bonds is 8. The van der Waals surface area contributed by atoms with Gasteiger partial charge in [0.2, 0.25) is 0 Å². The van der Waals surface area contributed by atoms with Crippen molar-refractivity contribution < 1.29 is 19.0 Å². The molecule has 110 valence electrons. The molecule has 0 unspecified atom stereocenters. The van der Waals surface area contributed by atoms with Crippen LogP contribution >= 0.6 is 12.4 Å². The van der Waals surface area contributed by atoms with Gasteiger partial charge in [-0.25, -0.2) is 4.79 Å². The van der Waals surface area contributed by atoms with E-state index in [0.29, 0.717) is 39.5 Å². The first-order valence-corrected chi connectivity index (χ1v) is 5.78. The summed E-state index contributed by atoms with van der Waals surface area (Å²) in [6.45, 7) is 8.38. The molecular weight excluding hydrogens is 260 g/mol. The molecule has 0 aliphatic carbocycles. The van der Waals surface area contributed by atoms with Crippen LogP contribution in [0.2, 0.25) is 0 Å². The summed E-state index contributed by atoms with van der Waals surface area (Å²) in [5.41, 5.74) is 4.78. The van der Waals surface area contributed by atoms with Crippen LogP contribution in [0, 0.1) is 0 Å². The average molecular weight is 285 g/mol. The van der Waals surface area contributed by atoms with E-state index in [0.717, 1.165) is 0 Å². The fraction of sp³-hybridized carbons (Fsp3) is 0.909. The van der Waals surface area contributed by atoms with Gasteiger partial charge < -0.3 is 25.3 Å². The van der Waals surface area contributed by atoms with Crippen molar-refractivity contribution in [2.45, 2.75) is 26.4 Å². The van der Waals surface area contributed by atoms with Crippen molar-refractivity contribution in [3.63, 3.8) is 0 Å². The van der Waals surface area contributed by atoms with Crippen molar-refractivity contribution in [3.8, 4) is 0 Å². The molecule has 0 aromatic carbocycles. The number of alkyl carbamates (subject to hydrolysis) is 1. The minimum absolute atomic E-state index is 0. The lowest BCUT2D eigenvalue weighted by Gasteiger charge is -2.19. The van der Waals surface area contributed by atoms with Gasteiger partial charge in [-0.05, 0) is 20.8 Å². The van der Waals surface area contributed by atoms with Crippen LogP contribution in [0.3, 0.4) is 0 Å². The molecule has 0 aliphatic rings. The van der Waals surface area contributed by atoms with Gasteiger partial charge in [0.05, 0.1) is 26.4 Å². The standard InChI is InChI=1S/C11H24N2O4.ClH/c1-11(2,3)17-10(14)13-5-7-16-9-8-15-6-4-12;/h4-9,12H2,1-3H3,(H,13,14);1H. The van der Waals surface area contributed by atoms with Gasteiger partial charge in [-0.3, -0.25) is 0 Å². The Bertz CT molecular complexity index is 210. The third-order valence-electron chi connectivity index (χ3n) is 1.55. The predicted octanol–water partition coefficient (Wildman–Crippen LogP) is 0.925. The highest BCUT2D eigenvalue weighted by Gasteiger charge is 2.15. The number of amides is 1. The van der Waals surface area contributed by atoms with Gasteiger partial charge in [0.15, 0.2) is 0 Å². The number of carbonyl (C=O) groups excluding carboxylic acids is 1. The maximum Gasteiger partial charge on any atom is 0.407 e. The summed E-state index contributed by atoms with van der Waals surface area (Å²) in [7, 11) is 0. The molecule has 0 saturated heterocycles. The van der Waals surface area contributed by atoms with Gasteiger partial charge in [0.1, 0.15) is 5.60 Å². The topological polar surface area (TPSA) is 82.8 Å². The molecule has 0 bridgehead atoms. The summed E-state index contributed by atoms with van der Waals surface area (Å²) in [4.78, 5) is 11.2. The Morgan fingerprint density at radius 2 is 1.67 bits per heavy atom. The maximum absolute atomic E-state index is 11.2. The lowest BCUT2D eigenvalue weighted by Crippen LogP contribution is -2.34. The Morgan fingerprint density at radius 3 is 2.17 bits per heavy atom. The molecule has 0 spiro atoms. The summed E-state index contributed by atoms with van der Waals surface area (Å²) >= 11 is 0. The van der Waals surface area contributed by atoms with E-state index >= 15 is 0 Å². The fourth-order valence-corrected chi connectivity index (χ4v) is 0.945. The van der Waals surface area contributed by atoms with Crippen LogP contribution in [0.1, 0.15) is 20.8 Å². The van der Waals surface area contributed by atoms with Crippen LogP contribution in [0.25, 0.3) is 0 Å². The van der Waals surface area contributed by atoms with E-state index < -0.39 is 11.7 Å². The lowest BCUT2D eigenvalue weighted by molar-refractivity contribution is 0.0412. The molecule has 0 saturated carbocycles. The normalized spacial score (nSPS) is 10.7. The second-order valence-corrected chi connectivity index (χ2v) is 4.44. The van der Waals surface area contributed by atoms with E-state index in [1.165, 1.54) is 0 Å². The largest absolute Gasteiger partial charge is 0.444 e. The van der Waals surface area contributed by atoms with Crippen molar-refractivity contribution in [3.05, 3.63) is 0 Å². The number of nitrogens with one attached hydrogen (secondary N) is 1. The zero-order valence-corrected chi connectivity index (χ0v) is 12.2. The fourth-order valence-electron chi connectivity index (χ4n) is 0.945. The first-order chi connectivity index (χ1) is 7.95. The second kappa shape index (κ2) is 11.5. The second-order valence-electron chi connectivity index (χ2n) is 4.44. The molecular formula is C11H25ClN2O4. The van der Waals surface area contributed by atoms with E-state index in [1.54, 1.807) is 0 Å². The Kier molecular flexibility index (Phi) is 12.7. The van der Waals surface area contributed by atoms with Crippen LogP contribution < -0.4 is 11.1 Å². The van der Waals surface area contributed by atoms with Crippen LogP contribution in [0.15, 0.2) is 0 Å². The lowest BCUT2D eigenvalue weighted by atomic mass is 10.2. The third-order valence-corrected chi connectivity index (χ3v) is 1.55. The molecule has 3 N–H and O–H groups in total. The first kappa shape index (κ1) is 19.8. The van der Waals surface area contributed by atoms with Gasteiger partial charge >= 0.3 is 6.09 Å². The van der Waals surface area contributed by atoms with Crippen molar-refractivity contribution in [2.24, 2.45) is 5.73 Å². The van der Waals surface area contributed by atoms with Crippen LogP contribution in [0.5, 0.6) is 0 Å². The molecule has 0 aromatic heterocycles. The van der Waals surface area contributed by atoms with Gasteiger partial charge in [0, 0.05) is 13.1 Å². The molecule has 6 nitrogen and oxygen atoms in total. The molecule has 0 rings (SSSR count). The number of ether oxygens (including phenoxy) is 3. The smallest absolute Gasteiger partial charge is 0.407 e. The summed E-state index contributed by atoms with van der Waals surface area (Å²) in [5, 5.41) is 2.59. The highest BCUT2D eigenvalue weighted by Crippen LogP contribution is 2.05. The molecule has 0 aromatic rings. The maximum atomic E-state index is 11.2. The van der Waals surface area contributed by atoms with Crippen LogP contribution in [-0.4, -0.2) is 51.2 Å². The number of nitrogens with two attached hydrogens (primary N) is 1. The monoisotopic (exact) mass is 284 g/mol. The summed E-state index contributed by atoms with van der Waals surface area (Å²) in [6, 6.07) is 0. The zero-order chi connectivity index (χ0) is 13.1. The summed E-state index contributed by atoms with van der Waals surface area (Å²) < 4.78 is 15.4. The molecule has 0 atom stereocenters. The number of carbonyl (C=O) groups is 1. The van der Waals surface area contributed by atoms with E-state index in [1.807, 2.05) is 20.8 Å². The predicted molar refractivity (Wildman–Crippen MR) is 72.2 cm³/mol. The van der Waals surface area contributed by atoms with Gasteiger partial charge in [-0.1, -0.05) is 0 Å². The molecule has 0 aliphatic heterocycles. The number of hydrogen-bond acceptors (Lipinski definition) is 5. The van der Waals surface area contributed by atoms with Crippen molar-refractivity contribution in [1.82, 2.24) is 5.32 Å². The van der Waals surface area contributed by atoms with Crippen molar-refractivity contribution in [1.29, 1.82) is 0 Å². The Labute approximate surface area is 115 Å². The molecule has 0 fully saturated rings. The quantitative estimate of drug-likeness (QED) is 0.648. The molecule has 0 heterocycles. The SMILES string of the molecule is CC(C)(C)OC(=O)NCCOCCOCCN.Cl. The van der Waals surface area contributed by atoms with Crippen molar-refractivity contribution >= 4 is 18.5 Å². The Balaban J connectivity index is 0. The Hall–Kier alpha value is -0.560. The molecule has 0 radical (unpaired) electrons. The van der Waals surface area contributed by atoms with Gasteiger partial charge in [-0.15, -0.1) is 12.4 Å². The molecule has 1 amide bonds. The number of hydrogen-bond donors (Lipinski definition) is 2. The highest BCUT2D eigenvalue weighted by atomic mass is 35.5. The highest BCUT2D eigenvalue weighted by molar-refractivity contribution is 5.85. The molecule has 7 heteroatoms.